The zero-order valence-corrected chi connectivity index (χ0v) is 14.5. The van der Waals surface area contributed by atoms with Gasteiger partial charge < -0.3 is 15.2 Å². The number of ether oxygens (including phenoxy) is 1. The van der Waals surface area contributed by atoms with Gasteiger partial charge in [0.25, 0.3) is 0 Å². The molecule has 0 radical (unpaired) electrons. The van der Waals surface area contributed by atoms with Crippen molar-refractivity contribution in [2.75, 3.05) is 11.9 Å². The molecule has 0 spiro atoms. The second kappa shape index (κ2) is 9.20. The smallest absolute Gasteiger partial charge is 0.338 e. The average molecular weight is 347 g/mol. The summed E-state index contributed by atoms with van der Waals surface area (Å²) in [6, 6.07) is 6.46. The van der Waals surface area contributed by atoms with Crippen LogP contribution in [-0.2, 0) is 14.3 Å². The highest BCUT2D eigenvalue weighted by molar-refractivity contribution is 5.96. The largest absolute Gasteiger partial charge is 0.481 e. The van der Waals surface area contributed by atoms with E-state index in [-0.39, 0.29) is 11.9 Å². The van der Waals surface area contributed by atoms with E-state index in [0.29, 0.717) is 30.7 Å². The Morgan fingerprint density at radius 1 is 1.12 bits per heavy atom. The number of esters is 1. The fraction of sp³-hybridized carbons (Fsp3) is 0.526. The standard InChI is InChI=1S/C19H25NO5/c1-2-3-12-25-19(24)13-8-10-14(11-9-13)20-17(21)15-6-4-5-7-16(15)18(22)23/h8-11,15-16H,2-7,12H2,1H3,(H,20,21)(H,22,23). The van der Waals surface area contributed by atoms with Crippen LogP contribution in [0.4, 0.5) is 5.69 Å². The number of carbonyl (C=O) groups is 3. The van der Waals surface area contributed by atoms with Crippen molar-refractivity contribution < 1.29 is 24.2 Å². The first kappa shape index (κ1) is 19.0. The Kier molecular flexibility index (Phi) is 6.98. The molecule has 1 amide bonds. The lowest BCUT2D eigenvalue weighted by atomic mass is 9.78. The quantitative estimate of drug-likeness (QED) is 0.582. The fourth-order valence-corrected chi connectivity index (χ4v) is 3.06. The molecule has 1 aliphatic rings. The van der Waals surface area contributed by atoms with Crippen molar-refractivity contribution in [3.8, 4) is 0 Å². The normalized spacial score (nSPS) is 19.9. The van der Waals surface area contributed by atoms with Gasteiger partial charge >= 0.3 is 11.9 Å². The molecular weight excluding hydrogens is 322 g/mol. The summed E-state index contributed by atoms with van der Waals surface area (Å²) >= 11 is 0. The van der Waals surface area contributed by atoms with E-state index in [0.717, 1.165) is 25.7 Å². The molecule has 0 aliphatic heterocycles. The lowest BCUT2D eigenvalue weighted by Crippen LogP contribution is -2.36. The molecule has 1 aromatic carbocycles. The number of hydrogen-bond acceptors (Lipinski definition) is 4. The number of unbranched alkanes of at least 4 members (excludes halogenated alkanes) is 1. The Labute approximate surface area is 147 Å². The molecule has 25 heavy (non-hydrogen) atoms. The van der Waals surface area contributed by atoms with Crippen LogP contribution in [0.15, 0.2) is 24.3 Å². The van der Waals surface area contributed by atoms with Gasteiger partial charge in [0.15, 0.2) is 0 Å². The summed E-state index contributed by atoms with van der Waals surface area (Å²) in [5.74, 6) is -2.70. The van der Waals surface area contributed by atoms with Crippen LogP contribution in [0.2, 0.25) is 0 Å². The van der Waals surface area contributed by atoms with Crippen molar-refractivity contribution >= 4 is 23.5 Å². The van der Waals surface area contributed by atoms with Gasteiger partial charge in [-0.1, -0.05) is 26.2 Å². The van der Waals surface area contributed by atoms with Crippen LogP contribution in [0.5, 0.6) is 0 Å². The number of amides is 1. The summed E-state index contributed by atoms with van der Waals surface area (Å²) in [7, 11) is 0. The molecule has 6 heteroatoms. The molecule has 1 saturated carbocycles. The molecule has 0 aromatic heterocycles. The van der Waals surface area contributed by atoms with E-state index in [1.54, 1.807) is 24.3 Å². The number of anilines is 1. The fourth-order valence-electron chi connectivity index (χ4n) is 3.06. The van der Waals surface area contributed by atoms with Gasteiger partial charge in [-0.05, 0) is 43.5 Å². The SMILES string of the molecule is CCCCOC(=O)c1ccc(NC(=O)C2CCCCC2C(=O)O)cc1. The number of rotatable bonds is 7. The zero-order chi connectivity index (χ0) is 18.2. The Hall–Kier alpha value is -2.37. The molecule has 0 bridgehead atoms. The topological polar surface area (TPSA) is 92.7 Å². The Bertz CT molecular complexity index is 611. The first-order valence-corrected chi connectivity index (χ1v) is 8.83. The van der Waals surface area contributed by atoms with Crippen molar-refractivity contribution in [1.82, 2.24) is 0 Å². The first-order chi connectivity index (χ1) is 12.0. The van der Waals surface area contributed by atoms with Crippen molar-refractivity contribution in [2.45, 2.75) is 45.4 Å². The molecule has 1 aromatic rings. The first-order valence-electron chi connectivity index (χ1n) is 8.83. The molecule has 2 N–H and O–H groups in total. The van der Waals surface area contributed by atoms with Gasteiger partial charge in [-0.25, -0.2) is 4.79 Å². The van der Waals surface area contributed by atoms with E-state index in [1.165, 1.54) is 0 Å². The second-order valence-electron chi connectivity index (χ2n) is 6.39. The Morgan fingerprint density at radius 3 is 2.36 bits per heavy atom. The third kappa shape index (κ3) is 5.31. The van der Waals surface area contributed by atoms with E-state index < -0.39 is 17.8 Å². The van der Waals surface area contributed by atoms with Crippen molar-refractivity contribution in [1.29, 1.82) is 0 Å². The minimum Gasteiger partial charge on any atom is -0.481 e. The average Bonchev–Trinajstić information content (AvgIpc) is 2.62. The lowest BCUT2D eigenvalue weighted by Gasteiger charge is -2.27. The number of benzene rings is 1. The maximum Gasteiger partial charge on any atom is 0.338 e. The van der Waals surface area contributed by atoms with Gasteiger partial charge in [-0.3, -0.25) is 9.59 Å². The van der Waals surface area contributed by atoms with E-state index in [2.05, 4.69) is 5.32 Å². The van der Waals surface area contributed by atoms with Crippen LogP contribution in [0.3, 0.4) is 0 Å². The predicted octanol–water partition coefficient (Wildman–Crippen LogP) is 3.47. The molecule has 0 heterocycles. The van der Waals surface area contributed by atoms with E-state index in [1.807, 2.05) is 6.92 Å². The molecule has 136 valence electrons. The van der Waals surface area contributed by atoms with Crippen LogP contribution >= 0.6 is 0 Å². The lowest BCUT2D eigenvalue weighted by molar-refractivity contribution is -0.147. The predicted molar refractivity (Wildman–Crippen MR) is 93.3 cm³/mol. The summed E-state index contributed by atoms with van der Waals surface area (Å²) in [6.07, 6.45) is 4.61. The van der Waals surface area contributed by atoms with E-state index in [4.69, 9.17) is 4.74 Å². The summed E-state index contributed by atoms with van der Waals surface area (Å²) < 4.78 is 5.13. The molecule has 1 aliphatic carbocycles. The van der Waals surface area contributed by atoms with Crippen molar-refractivity contribution in [3.05, 3.63) is 29.8 Å². The van der Waals surface area contributed by atoms with Gasteiger partial charge in [-0.2, -0.15) is 0 Å². The molecule has 0 saturated heterocycles. The van der Waals surface area contributed by atoms with Gasteiger partial charge in [0.1, 0.15) is 0 Å². The molecule has 2 unspecified atom stereocenters. The van der Waals surface area contributed by atoms with Crippen molar-refractivity contribution in [2.24, 2.45) is 11.8 Å². The summed E-state index contributed by atoms with van der Waals surface area (Å²) in [6.45, 7) is 2.42. The molecular formula is C19H25NO5. The van der Waals surface area contributed by atoms with E-state index >= 15 is 0 Å². The van der Waals surface area contributed by atoms with Crippen LogP contribution in [0.25, 0.3) is 0 Å². The number of aliphatic carboxylic acids is 1. The van der Waals surface area contributed by atoms with Gasteiger partial charge in [0, 0.05) is 5.69 Å². The van der Waals surface area contributed by atoms with Crippen molar-refractivity contribution in [3.63, 3.8) is 0 Å². The number of nitrogens with one attached hydrogen (secondary N) is 1. The summed E-state index contributed by atoms with van der Waals surface area (Å²) in [5.41, 5.74) is 0.972. The molecule has 6 nitrogen and oxygen atoms in total. The highest BCUT2D eigenvalue weighted by Gasteiger charge is 2.35. The minimum absolute atomic E-state index is 0.273. The van der Waals surface area contributed by atoms with Gasteiger partial charge in [0.05, 0.1) is 24.0 Å². The van der Waals surface area contributed by atoms with E-state index in [9.17, 15) is 19.5 Å². The Balaban J connectivity index is 1.94. The Morgan fingerprint density at radius 2 is 1.76 bits per heavy atom. The number of hydrogen-bond donors (Lipinski definition) is 2. The molecule has 2 rings (SSSR count). The number of carbonyl (C=O) groups excluding carboxylic acids is 2. The third-order valence-electron chi connectivity index (χ3n) is 4.54. The highest BCUT2D eigenvalue weighted by Crippen LogP contribution is 2.31. The van der Waals surface area contributed by atoms with Gasteiger partial charge in [0.2, 0.25) is 5.91 Å². The van der Waals surface area contributed by atoms with Gasteiger partial charge in [-0.15, -0.1) is 0 Å². The molecule has 1 fully saturated rings. The maximum absolute atomic E-state index is 12.4. The maximum atomic E-state index is 12.4. The zero-order valence-electron chi connectivity index (χ0n) is 14.5. The monoisotopic (exact) mass is 347 g/mol. The summed E-state index contributed by atoms with van der Waals surface area (Å²) in [4.78, 5) is 35.6. The van der Waals surface area contributed by atoms with Crippen LogP contribution in [-0.4, -0.2) is 29.6 Å². The van der Waals surface area contributed by atoms with Crippen LogP contribution < -0.4 is 5.32 Å². The third-order valence-corrected chi connectivity index (χ3v) is 4.54. The van der Waals surface area contributed by atoms with Crippen LogP contribution in [0, 0.1) is 11.8 Å². The molecule has 2 atom stereocenters. The minimum atomic E-state index is -0.912. The number of carboxylic acids is 1. The summed E-state index contributed by atoms with van der Waals surface area (Å²) in [5, 5.41) is 12.0. The number of carboxylic acid groups (broad SMARTS) is 1. The highest BCUT2D eigenvalue weighted by atomic mass is 16.5. The van der Waals surface area contributed by atoms with Crippen LogP contribution in [0.1, 0.15) is 55.8 Å². The second-order valence-corrected chi connectivity index (χ2v) is 6.39.